The third-order valence-electron chi connectivity index (χ3n) is 8.11. The Hall–Kier alpha value is -3.21. The van der Waals surface area contributed by atoms with Crippen LogP contribution >= 0.6 is 0 Å². The van der Waals surface area contributed by atoms with Crippen molar-refractivity contribution in [3.63, 3.8) is 0 Å². The normalized spacial score (nSPS) is 31.3. The van der Waals surface area contributed by atoms with Crippen LogP contribution in [-0.2, 0) is 25.5 Å². The van der Waals surface area contributed by atoms with Crippen molar-refractivity contribution in [1.82, 2.24) is 4.90 Å². The van der Waals surface area contributed by atoms with Gasteiger partial charge in [-0.25, -0.2) is 0 Å². The van der Waals surface area contributed by atoms with Crippen LogP contribution in [0.25, 0.3) is 5.76 Å². The maximum atomic E-state index is 13.8. The van der Waals surface area contributed by atoms with E-state index >= 15 is 0 Å². The van der Waals surface area contributed by atoms with Gasteiger partial charge in [-0.05, 0) is 50.3 Å². The van der Waals surface area contributed by atoms with Gasteiger partial charge in [0.15, 0.2) is 11.4 Å². The molecule has 2 fully saturated rings. The fourth-order valence-electron chi connectivity index (χ4n) is 6.38. The highest BCUT2D eigenvalue weighted by Gasteiger charge is 2.64. The van der Waals surface area contributed by atoms with E-state index in [1.165, 1.54) is 6.07 Å². The number of aliphatic hydroxyl groups is 3. The maximum Gasteiger partial charge on any atom is 0.255 e. The van der Waals surface area contributed by atoms with Crippen LogP contribution in [0.15, 0.2) is 35.1 Å². The lowest BCUT2D eigenvalue weighted by Gasteiger charge is -2.52. The quantitative estimate of drug-likeness (QED) is 0.384. The molecule has 0 unspecified atom stereocenters. The van der Waals surface area contributed by atoms with Gasteiger partial charge in [0.25, 0.3) is 5.91 Å². The Bertz CT molecular complexity index is 1200. The minimum Gasteiger partial charge on any atom is -0.508 e. The topological polar surface area (TPSA) is 171 Å². The third-order valence-corrected chi connectivity index (χ3v) is 8.11. The molecule has 6 N–H and O–H groups in total. The summed E-state index contributed by atoms with van der Waals surface area (Å²) in [4.78, 5) is 41.3. The molecule has 1 saturated heterocycles. The van der Waals surface area contributed by atoms with E-state index < -0.39 is 58.0 Å². The maximum absolute atomic E-state index is 13.8. The summed E-state index contributed by atoms with van der Waals surface area (Å²) in [7, 11) is 1.70. The number of phenols is 1. The zero-order valence-electron chi connectivity index (χ0n) is 19.2. The SMILES string of the molecule is CN(C1CCOCC1)[C@H]1C(=O)C(C(N)=O)=C(O)[C@@]2(O)C(=O)C3=C(O)c4c(O)cccc4C[C@H]3C[C@@H]12. The molecule has 0 radical (unpaired) electrons. The highest BCUT2D eigenvalue weighted by atomic mass is 16.5. The van der Waals surface area contributed by atoms with Gasteiger partial charge in [-0.1, -0.05) is 12.1 Å². The molecule has 3 aliphatic carbocycles. The number of benzene rings is 1. The summed E-state index contributed by atoms with van der Waals surface area (Å²) in [5.74, 6) is -6.42. The molecule has 4 aliphatic rings. The van der Waals surface area contributed by atoms with Gasteiger partial charge in [0, 0.05) is 30.7 Å². The second kappa shape index (κ2) is 8.18. The molecule has 0 spiro atoms. The van der Waals surface area contributed by atoms with E-state index in [1.54, 1.807) is 24.1 Å². The highest BCUT2D eigenvalue weighted by Crippen LogP contribution is 2.52. The van der Waals surface area contributed by atoms with Crippen LogP contribution in [0.4, 0.5) is 0 Å². The molecule has 1 aromatic rings. The fourth-order valence-corrected chi connectivity index (χ4v) is 6.38. The zero-order valence-corrected chi connectivity index (χ0v) is 19.2. The molecule has 35 heavy (non-hydrogen) atoms. The average molecular weight is 485 g/mol. The third kappa shape index (κ3) is 3.24. The fraction of sp³-hybridized carbons (Fsp3) is 0.480. The summed E-state index contributed by atoms with van der Waals surface area (Å²) in [6, 6.07) is 3.53. The Balaban J connectivity index is 1.68. The van der Waals surface area contributed by atoms with E-state index in [4.69, 9.17) is 10.5 Å². The van der Waals surface area contributed by atoms with Crippen LogP contribution in [-0.4, -0.2) is 80.7 Å². The zero-order chi connectivity index (χ0) is 25.2. The van der Waals surface area contributed by atoms with E-state index in [0.717, 1.165) is 0 Å². The molecule has 4 atom stereocenters. The summed E-state index contributed by atoms with van der Waals surface area (Å²) >= 11 is 0. The van der Waals surface area contributed by atoms with Crippen LogP contribution in [0.1, 0.15) is 30.4 Å². The van der Waals surface area contributed by atoms with Crippen molar-refractivity contribution in [3.05, 3.63) is 46.2 Å². The number of likely N-dealkylation sites (N-methyl/N-ethyl adjacent to an activating group) is 1. The summed E-state index contributed by atoms with van der Waals surface area (Å²) < 4.78 is 5.42. The van der Waals surface area contributed by atoms with Gasteiger partial charge in [0.1, 0.15) is 22.8 Å². The van der Waals surface area contributed by atoms with Crippen molar-refractivity contribution in [1.29, 1.82) is 0 Å². The number of carbonyl (C=O) groups is 3. The average Bonchev–Trinajstić information content (AvgIpc) is 2.81. The van der Waals surface area contributed by atoms with Gasteiger partial charge in [-0.3, -0.25) is 19.3 Å². The number of Topliss-reactive ketones (excluding diaryl/α,β-unsaturated/α-hetero) is 2. The Morgan fingerprint density at radius 2 is 1.86 bits per heavy atom. The van der Waals surface area contributed by atoms with Crippen molar-refractivity contribution < 1.29 is 39.5 Å². The molecule has 10 nitrogen and oxygen atoms in total. The molecular weight excluding hydrogens is 456 g/mol. The largest absolute Gasteiger partial charge is 0.508 e. The van der Waals surface area contributed by atoms with Crippen LogP contribution in [0.2, 0.25) is 0 Å². The van der Waals surface area contributed by atoms with Crippen molar-refractivity contribution in [2.75, 3.05) is 20.3 Å². The number of nitrogens with zero attached hydrogens (tertiary/aromatic N) is 1. The Labute approximate surface area is 201 Å². The van der Waals surface area contributed by atoms with Gasteiger partial charge in [-0.2, -0.15) is 0 Å². The first-order valence-electron chi connectivity index (χ1n) is 11.7. The number of amides is 1. The molecule has 1 aliphatic heterocycles. The molecule has 1 heterocycles. The smallest absolute Gasteiger partial charge is 0.255 e. The predicted molar refractivity (Wildman–Crippen MR) is 122 cm³/mol. The Morgan fingerprint density at radius 3 is 2.51 bits per heavy atom. The van der Waals surface area contributed by atoms with Crippen molar-refractivity contribution >= 4 is 23.2 Å². The van der Waals surface area contributed by atoms with Crippen molar-refractivity contribution in [2.45, 2.75) is 43.4 Å². The number of nitrogens with two attached hydrogens (primary N) is 1. The number of fused-ring (bicyclic) bond motifs is 3. The molecule has 0 bridgehead atoms. The number of ether oxygens (including phenoxy) is 1. The first-order valence-corrected chi connectivity index (χ1v) is 11.7. The Morgan fingerprint density at radius 1 is 1.17 bits per heavy atom. The number of aromatic hydroxyl groups is 1. The van der Waals surface area contributed by atoms with Gasteiger partial charge < -0.3 is 30.9 Å². The number of hydrogen-bond donors (Lipinski definition) is 5. The molecule has 5 rings (SSSR count). The number of ketones is 2. The molecule has 186 valence electrons. The van der Waals surface area contributed by atoms with E-state index in [0.29, 0.717) is 31.6 Å². The van der Waals surface area contributed by atoms with Crippen molar-refractivity contribution in [2.24, 2.45) is 17.6 Å². The first-order chi connectivity index (χ1) is 16.6. The van der Waals surface area contributed by atoms with Crippen LogP contribution < -0.4 is 5.73 Å². The van der Waals surface area contributed by atoms with Gasteiger partial charge in [-0.15, -0.1) is 0 Å². The summed E-state index contributed by atoms with van der Waals surface area (Å²) in [5.41, 5.74) is 2.56. The van der Waals surface area contributed by atoms with Crippen LogP contribution in [0.3, 0.4) is 0 Å². The molecule has 1 amide bonds. The standard InChI is InChI=1S/C25H28N2O8/c1-27(13-5-7-35-8-6-13)19-14-10-12-9-11-3-2-4-15(28)16(11)20(29)17(12)22(31)25(14,34)23(32)18(21(19)30)24(26)33/h2-4,12-14,19,28-29,32,34H,5-10H2,1H3,(H2,26,33)/t12-,14-,19+,25-/m0/s1. The van der Waals surface area contributed by atoms with E-state index in [-0.39, 0.29) is 35.8 Å². The van der Waals surface area contributed by atoms with E-state index in [1.807, 2.05) is 0 Å². The number of primary amides is 1. The summed E-state index contributed by atoms with van der Waals surface area (Å²) in [6.45, 7) is 0.967. The second-order valence-electron chi connectivity index (χ2n) is 9.82. The second-order valence-corrected chi connectivity index (χ2v) is 9.82. The number of phenolic OH excluding ortho intramolecular Hbond substituents is 1. The first kappa shape index (κ1) is 23.5. The lowest BCUT2D eigenvalue weighted by molar-refractivity contribution is -0.156. The number of carbonyl (C=O) groups excluding carboxylic acids is 3. The molecule has 1 saturated carbocycles. The number of rotatable bonds is 3. The number of aliphatic hydroxyl groups excluding tert-OH is 2. The lowest BCUT2D eigenvalue weighted by Crippen LogP contribution is -2.67. The lowest BCUT2D eigenvalue weighted by atomic mass is 9.57. The van der Waals surface area contributed by atoms with Crippen molar-refractivity contribution in [3.8, 4) is 5.75 Å². The molecule has 0 aromatic heterocycles. The summed E-state index contributed by atoms with van der Waals surface area (Å²) in [5, 5.41) is 44.1. The summed E-state index contributed by atoms with van der Waals surface area (Å²) in [6.07, 6.45) is 1.60. The van der Waals surface area contributed by atoms with Gasteiger partial charge in [0.2, 0.25) is 5.78 Å². The minimum atomic E-state index is -2.63. The molecule has 10 heteroatoms. The van der Waals surface area contributed by atoms with Gasteiger partial charge in [0.05, 0.1) is 11.6 Å². The minimum absolute atomic E-state index is 0.0802. The number of hydrogen-bond acceptors (Lipinski definition) is 9. The molecule has 1 aromatic carbocycles. The van der Waals surface area contributed by atoms with Crippen LogP contribution in [0.5, 0.6) is 5.75 Å². The highest BCUT2D eigenvalue weighted by molar-refractivity contribution is 6.24. The van der Waals surface area contributed by atoms with Crippen LogP contribution in [0, 0.1) is 11.8 Å². The van der Waals surface area contributed by atoms with E-state index in [2.05, 4.69) is 0 Å². The Kier molecular flexibility index (Phi) is 5.50. The molecular formula is C25H28N2O8. The van der Waals surface area contributed by atoms with E-state index in [9.17, 15) is 34.8 Å². The monoisotopic (exact) mass is 484 g/mol. The predicted octanol–water partition coefficient (Wildman–Crippen LogP) is 0.513. The van der Waals surface area contributed by atoms with Gasteiger partial charge >= 0.3 is 0 Å².